The largest absolute Gasteiger partial charge is 0.461 e. The zero-order chi connectivity index (χ0) is 12.3. The molecule has 0 saturated carbocycles. The number of esters is 1. The Bertz CT molecular complexity index is 517. The van der Waals surface area contributed by atoms with Crippen LogP contribution < -0.4 is 5.73 Å². The number of nitrogens with zero attached hydrogens (tertiary/aromatic N) is 2. The van der Waals surface area contributed by atoms with Crippen LogP contribution in [0.5, 0.6) is 0 Å². The van der Waals surface area contributed by atoms with E-state index < -0.39 is 5.97 Å². The van der Waals surface area contributed by atoms with E-state index in [1.54, 1.807) is 36.1 Å². The molecule has 0 saturated heterocycles. The highest BCUT2D eigenvalue weighted by Gasteiger charge is 2.10. The van der Waals surface area contributed by atoms with Gasteiger partial charge in [-0.2, -0.15) is 0 Å². The maximum Gasteiger partial charge on any atom is 0.358 e. The van der Waals surface area contributed by atoms with Crippen LogP contribution in [0.15, 0.2) is 36.8 Å². The fourth-order valence-corrected chi connectivity index (χ4v) is 1.42. The summed E-state index contributed by atoms with van der Waals surface area (Å²) < 4.78 is 6.60. The van der Waals surface area contributed by atoms with Crippen molar-refractivity contribution in [3.05, 3.63) is 42.5 Å². The predicted octanol–water partition coefficient (Wildman–Crippen LogP) is 1.63. The molecule has 0 atom stereocenters. The second kappa shape index (κ2) is 4.69. The third kappa shape index (κ3) is 2.44. The number of anilines is 1. The molecule has 5 heteroatoms. The summed E-state index contributed by atoms with van der Waals surface area (Å²) in [6, 6.07) is 7.29. The molecule has 0 aliphatic carbocycles. The van der Waals surface area contributed by atoms with Gasteiger partial charge < -0.3 is 15.0 Å². The predicted molar refractivity (Wildman–Crippen MR) is 63.9 cm³/mol. The summed E-state index contributed by atoms with van der Waals surface area (Å²) >= 11 is 0. The molecule has 5 nitrogen and oxygen atoms in total. The summed E-state index contributed by atoms with van der Waals surface area (Å²) in [6.45, 7) is 2.10. The fraction of sp³-hybridized carbons (Fsp3) is 0.167. The summed E-state index contributed by atoms with van der Waals surface area (Å²) in [5.41, 5.74) is 7.48. The highest BCUT2D eigenvalue weighted by Crippen LogP contribution is 2.11. The van der Waals surface area contributed by atoms with E-state index in [0.29, 0.717) is 18.0 Å². The van der Waals surface area contributed by atoms with Gasteiger partial charge in [-0.25, -0.2) is 9.78 Å². The minimum Gasteiger partial charge on any atom is -0.461 e. The van der Waals surface area contributed by atoms with Crippen LogP contribution >= 0.6 is 0 Å². The monoisotopic (exact) mass is 231 g/mol. The average molecular weight is 231 g/mol. The molecule has 0 aliphatic heterocycles. The first-order chi connectivity index (χ1) is 8.20. The normalized spacial score (nSPS) is 10.2. The van der Waals surface area contributed by atoms with Crippen molar-refractivity contribution in [1.29, 1.82) is 0 Å². The van der Waals surface area contributed by atoms with Crippen LogP contribution in [-0.2, 0) is 4.74 Å². The number of nitrogens with two attached hydrogens (primary N) is 1. The van der Waals surface area contributed by atoms with Gasteiger partial charge in [0.2, 0.25) is 0 Å². The van der Waals surface area contributed by atoms with Gasteiger partial charge in [-0.3, -0.25) is 0 Å². The van der Waals surface area contributed by atoms with Crippen molar-refractivity contribution in [2.24, 2.45) is 0 Å². The van der Waals surface area contributed by atoms with E-state index in [9.17, 15) is 4.79 Å². The van der Waals surface area contributed by atoms with Gasteiger partial charge in [0.1, 0.15) is 6.33 Å². The Labute approximate surface area is 98.8 Å². The van der Waals surface area contributed by atoms with Gasteiger partial charge in [0.15, 0.2) is 5.69 Å². The Morgan fingerprint density at radius 3 is 2.76 bits per heavy atom. The number of benzene rings is 1. The molecular weight excluding hydrogens is 218 g/mol. The number of aromatic nitrogens is 2. The molecule has 0 spiro atoms. The van der Waals surface area contributed by atoms with E-state index in [0.717, 1.165) is 5.69 Å². The molecule has 0 amide bonds. The molecule has 17 heavy (non-hydrogen) atoms. The van der Waals surface area contributed by atoms with E-state index >= 15 is 0 Å². The summed E-state index contributed by atoms with van der Waals surface area (Å²) in [6.07, 6.45) is 3.20. The fourth-order valence-electron chi connectivity index (χ4n) is 1.42. The lowest BCUT2D eigenvalue weighted by Gasteiger charge is -2.01. The first kappa shape index (κ1) is 11.2. The zero-order valence-electron chi connectivity index (χ0n) is 9.46. The number of rotatable bonds is 3. The average Bonchev–Trinajstić information content (AvgIpc) is 2.80. The summed E-state index contributed by atoms with van der Waals surface area (Å²) in [7, 11) is 0. The standard InChI is InChI=1S/C12H13N3O2/c1-2-17-12(16)11-7-15(8-14-11)10-5-3-9(13)4-6-10/h3-8H,2,13H2,1H3. The Hall–Kier alpha value is -2.30. The van der Waals surface area contributed by atoms with Crippen LogP contribution in [-0.4, -0.2) is 22.1 Å². The lowest BCUT2D eigenvalue weighted by atomic mass is 10.3. The van der Waals surface area contributed by atoms with Crippen molar-refractivity contribution >= 4 is 11.7 Å². The molecule has 1 aromatic carbocycles. The van der Waals surface area contributed by atoms with E-state index in [2.05, 4.69) is 4.98 Å². The van der Waals surface area contributed by atoms with Crippen LogP contribution in [0.1, 0.15) is 17.4 Å². The smallest absolute Gasteiger partial charge is 0.358 e. The van der Waals surface area contributed by atoms with E-state index in [1.165, 1.54) is 0 Å². The second-order valence-corrected chi connectivity index (χ2v) is 3.48. The molecule has 2 aromatic rings. The maximum absolute atomic E-state index is 11.4. The van der Waals surface area contributed by atoms with Gasteiger partial charge in [-0.15, -0.1) is 0 Å². The number of carbonyl (C=O) groups is 1. The van der Waals surface area contributed by atoms with Gasteiger partial charge >= 0.3 is 5.97 Å². The van der Waals surface area contributed by atoms with E-state index in [1.807, 2.05) is 12.1 Å². The van der Waals surface area contributed by atoms with Gasteiger partial charge in [0.05, 0.1) is 6.61 Å². The van der Waals surface area contributed by atoms with Crippen LogP contribution in [0.3, 0.4) is 0 Å². The van der Waals surface area contributed by atoms with Crippen LogP contribution in [0.25, 0.3) is 5.69 Å². The lowest BCUT2D eigenvalue weighted by Crippen LogP contribution is -2.04. The number of nitrogen functional groups attached to an aromatic ring is 1. The van der Waals surface area contributed by atoms with E-state index in [4.69, 9.17) is 10.5 Å². The van der Waals surface area contributed by atoms with Gasteiger partial charge in [0.25, 0.3) is 0 Å². The Morgan fingerprint density at radius 1 is 1.41 bits per heavy atom. The molecule has 0 radical (unpaired) electrons. The molecule has 1 heterocycles. The topological polar surface area (TPSA) is 70.1 Å². The summed E-state index contributed by atoms with van der Waals surface area (Å²) in [5.74, 6) is -0.415. The minimum absolute atomic E-state index is 0.295. The Balaban J connectivity index is 2.23. The van der Waals surface area contributed by atoms with Gasteiger partial charge in [0, 0.05) is 17.6 Å². The number of hydrogen-bond acceptors (Lipinski definition) is 4. The quantitative estimate of drug-likeness (QED) is 0.643. The molecule has 0 aliphatic rings. The van der Waals surface area contributed by atoms with E-state index in [-0.39, 0.29) is 0 Å². The minimum atomic E-state index is -0.415. The molecule has 2 N–H and O–H groups in total. The summed E-state index contributed by atoms with van der Waals surface area (Å²) in [4.78, 5) is 15.4. The SMILES string of the molecule is CCOC(=O)c1cn(-c2ccc(N)cc2)cn1. The van der Waals surface area contributed by atoms with Crippen LogP contribution in [0.4, 0.5) is 5.69 Å². The molecule has 88 valence electrons. The van der Waals surface area contributed by atoms with Crippen molar-refractivity contribution in [2.45, 2.75) is 6.92 Å². The van der Waals surface area contributed by atoms with Crippen LogP contribution in [0.2, 0.25) is 0 Å². The molecular formula is C12H13N3O2. The van der Waals surface area contributed by atoms with Crippen molar-refractivity contribution in [1.82, 2.24) is 9.55 Å². The molecule has 1 aromatic heterocycles. The molecule has 0 fully saturated rings. The number of imidazole rings is 1. The molecule has 0 bridgehead atoms. The Morgan fingerprint density at radius 2 is 2.12 bits per heavy atom. The van der Waals surface area contributed by atoms with Crippen molar-refractivity contribution in [3.8, 4) is 5.69 Å². The third-order valence-corrected chi connectivity index (χ3v) is 2.26. The number of ether oxygens (including phenoxy) is 1. The zero-order valence-corrected chi connectivity index (χ0v) is 9.46. The van der Waals surface area contributed by atoms with Gasteiger partial charge in [-0.05, 0) is 31.2 Å². The van der Waals surface area contributed by atoms with Crippen molar-refractivity contribution < 1.29 is 9.53 Å². The highest BCUT2D eigenvalue weighted by atomic mass is 16.5. The number of carbonyl (C=O) groups excluding carboxylic acids is 1. The van der Waals surface area contributed by atoms with Crippen molar-refractivity contribution in [2.75, 3.05) is 12.3 Å². The van der Waals surface area contributed by atoms with Gasteiger partial charge in [-0.1, -0.05) is 0 Å². The van der Waals surface area contributed by atoms with Crippen molar-refractivity contribution in [3.63, 3.8) is 0 Å². The molecule has 2 rings (SSSR count). The lowest BCUT2D eigenvalue weighted by molar-refractivity contribution is 0.0520. The highest BCUT2D eigenvalue weighted by molar-refractivity contribution is 5.87. The summed E-state index contributed by atoms with van der Waals surface area (Å²) in [5, 5.41) is 0. The molecule has 0 unspecified atom stereocenters. The number of hydrogen-bond donors (Lipinski definition) is 1. The Kier molecular flexibility index (Phi) is 3.09. The van der Waals surface area contributed by atoms with Crippen LogP contribution in [0, 0.1) is 0 Å². The third-order valence-electron chi connectivity index (χ3n) is 2.26. The second-order valence-electron chi connectivity index (χ2n) is 3.48. The first-order valence-electron chi connectivity index (χ1n) is 5.27. The maximum atomic E-state index is 11.4. The first-order valence-corrected chi connectivity index (χ1v) is 5.27.